The van der Waals surface area contributed by atoms with E-state index in [0.717, 1.165) is 29.9 Å². The normalized spacial score (nSPS) is 20.5. The first kappa shape index (κ1) is 17.5. The summed E-state index contributed by atoms with van der Waals surface area (Å²) in [5, 5.41) is 7.50. The molecule has 0 aliphatic carbocycles. The van der Waals surface area contributed by atoms with Crippen molar-refractivity contribution in [3.8, 4) is 5.69 Å². The van der Waals surface area contributed by atoms with Crippen molar-refractivity contribution >= 4 is 6.03 Å². The van der Waals surface area contributed by atoms with Crippen LogP contribution in [0.3, 0.4) is 0 Å². The molecule has 2 unspecified atom stereocenters. The van der Waals surface area contributed by atoms with Crippen LogP contribution in [0, 0.1) is 12.8 Å². The number of ether oxygens (including phenoxy) is 1. The Labute approximate surface area is 148 Å². The molecule has 0 spiro atoms. The molecule has 1 aliphatic rings. The lowest BCUT2D eigenvalue weighted by molar-refractivity contribution is 0.00714. The van der Waals surface area contributed by atoms with Crippen molar-refractivity contribution in [3.05, 3.63) is 47.8 Å². The number of piperidine rings is 1. The summed E-state index contributed by atoms with van der Waals surface area (Å²) >= 11 is 0. The number of methoxy groups -OCH3 is 1. The van der Waals surface area contributed by atoms with Gasteiger partial charge in [0, 0.05) is 32.9 Å². The summed E-state index contributed by atoms with van der Waals surface area (Å²) in [5.41, 5.74) is 2.98. The molecule has 25 heavy (non-hydrogen) atoms. The number of likely N-dealkylation sites (tertiary alicyclic amines) is 1. The van der Waals surface area contributed by atoms with Crippen LogP contribution in [0.2, 0.25) is 0 Å². The van der Waals surface area contributed by atoms with Gasteiger partial charge in [0.2, 0.25) is 0 Å². The number of hydrogen-bond donors (Lipinski definition) is 1. The minimum absolute atomic E-state index is 0.0413. The number of para-hydroxylation sites is 1. The third-order valence-electron chi connectivity index (χ3n) is 4.87. The van der Waals surface area contributed by atoms with Gasteiger partial charge in [-0.15, -0.1) is 0 Å². The van der Waals surface area contributed by atoms with Crippen molar-refractivity contribution in [1.82, 2.24) is 20.0 Å². The highest BCUT2D eigenvalue weighted by molar-refractivity contribution is 5.74. The predicted octanol–water partition coefficient (Wildman–Crippen LogP) is 2.75. The van der Waals surface area contributed by atoms with Gasteiger partial charge >= 0.3 is 6.03 Å². The van der Waals surface area contributed by atoms with Crippen molar-refractivity contribution in [1.29, 1.82) is 0 Å². The number of nitrogens with one attached hydrogen (secondary N) is 1. The Morgan fingerprint density at radius 3 is 2.88 bits per heavy atom. The van der Waals surface area contributed by atoms with Crippen LogP contribution in [0.1, 0.15) is 24.6 Å². The lowest BCUT2D eigenvalue weighted by atomic mass is 9.96. The average molecular weight is 342 g/mol. The Balaban J connectivity index is 1.65. The monoisotopic (exact) mass is 342 g/mol. The van der Waals surface area contributed by atoms with E-state index in [4.69, 9.17) is 4.74 Å². The van der Waals surface area contributed by atoms with Gasteiger partial charge in [-0.3, -0.25) is 0 Å². The summed E-state index contributed by atoms with van der Waals surface area (Å²) in [4.78, 5) is 14.4. The molecule has 1 fully saturated rings. The maximum Gasteiger partial charge on any atom is 0.317 e. The number of carbonyl (C=O) groups is 1. The van der Waals surface area contributed by atoms with E-state index in [-0.39, 0.29) is 12.1 Å². The standard InChI is InChI=1S/C19H26N4O2/c1-14-8-10-22(13-18(14)25-3)19(24)20-12-16-6-4-5-7-17(16)23-11-9-15(2)21-23/h4-7,9,11,14,18H,8,10,12-13H2,1-3H3,(H,20,24). The molecule has 0 radical (unpaired) electrons. The molecular weight excluding hydrogens is 316 g/mol. The minimum atomic E-state index is -0.0413. The number of aryl methyl sites for hydroxylation is 1. The van der Waals surface area contributed by atoms with E-state index in [1.54, 1.807) is 7.11 Å². The van der Waals surface area contributed by atoms with Gasteiger partial charge in [0.15, 0.2) is 0 Å². The van der Waals surface area contributed by atoms with Gasteiger partial charge in [-0.2, -0.15) is 5.10 Å². The van der Waals surface area contributed by atoms with Crippen LogP contribution in [-0.2, 0) is 11.3 Å². The van der Waals surface area contributed by atoms with E-state index in [0.29, 0.717) is 19.0 Å². The zero-order valence-electron chi connectivity index (χ0n) is 15.1. The summed E-state index contributed by atoms with van der Waals surface area (Å²) in [6.45, 7) is 6.02. The van der Waals surface area contributed by atoms with Crippen LogP contribution in [0.25, 0.3) is 5.69 Å². The fourth-order valence-electron chi connectivity index (χ4n) is 3.24. The molecule has 3 rings (SSSR count). The largest absolute Gasteiger partial charge is 0.379 e. The van der Waals surface area contributed by atoms with Gasteiger partial charge in [0.1, 0.15) is 0 Å². The van der Waals surface area contributed by atoms with Gasteiger partial charge in [-0.25, -0.2) is 9.48 Å². The second-order valence-electron chi connectivity index (χ2n) is 6.68. The van der Waals surface area contributed by atoms with E-state index >= 15 is 0 Å². The molecule has 2 aromatic rings. The SMILES string of the molecule is COC1CN(C(=O)NCc2ccccc2-n2ccc(C)n2)CCC1C. The first-order valence-electron chi connectivity index (χ1n) is 8.74. The van der Waals surface area contributed by atoms with Gasteiger partial charge in [-0.1, -0.05) is 25.1 Å². The van der Waals surface area contributed by atoms with Crippen LogP contribution in [0.15, 0.2) is 36.5 Å². The summed E-state index contributed by atoms with van der Waals surface area (Å²) in [6, 6.07) is 9.91. The van der Waals surface area contributed by atoms with Crippen molar-refractivity contribution in [2.24, 2.45) is 5.92 Å². The number of nitrogens with zero attached hydrogens (tertiary/aromatic N) is 3. The van der Waals surface area contributed by atoms with Gasteiger partial charge in [0.25, 0.3) is 0 Å². The molecule has 1 aliphatic heterocycles. The van der Waals surface area contributed by atoms with Gasteiger partial charge in [0.05, 0.1) is 17.5 Å². The van der Waals surface area contributed by atoms with E-state index in [9.17, 15) is 4.79 Å². The molecule has 6 nitrogen and oxygen atoms in total. The second kappa shape index (κ2) is 7.70. The molecule has 0 saturated carbocycles. The fraction of sp³-hybridized carbons (Fsp3) is 0.474. The van der Waals surface area contributed by atoms with Crippen molar-refractivity contribution in [2.75, 3.05) is 20.2 Å². The van der Waals surface area contributed by atoms with Crippen LogP contribution in [0.5, 0.6) is 0 Å². The number of benzene rings is 1. The Hall–Kier alpha value is -2.34. The lowest BCUT2D eigenvalue weighted by Gasteiger charge is -2.36. The fourth-order valence-corrected chi connectivity index (χ4v) is 3.24. The predicted molar refractivity (Wildman–Crippen MR) is 96.7 cm³/mol. The number of amides is 2. The van der Waals surface area contributed by atoms with E-state index in [1.807, 2.05) is 53.0 Å². The minimum Gasteiger partial charge on any atom is -0.379 e. The van der Waals surface area contributed by atoms with Crippen LogP contribution >= 0.6 is 0 Å². The molecule has 1 saturated heterocycles. The first-order valence-corrected chi connectivity index (χ1v) is 8.74. The zero-order valence-corrected chi connectivity index (χ0v) is 15.1. The van der Waals surface area contributed by atoms with Crippen molar-refractivity contribution in [2.45, 2.75) is 32.9 Å². The second-order valence-corrected chi connectivity index (χ2v) is 6.68. The number of carbonyl (C=O) groups excluding carboxylic acids is 1. The molecule has 1 aromatic heterocycles. The Kier molecular flexibility index (Phi) is 5.38. The van der Waals surface area contributed by atoms with E-state index in [1.165, 1.54) is 0 Å². The Morgan fingerprint density at radius 1 is 1.36 bits per heavy atom. The maximum absolute atomic E-state index is 12.5. The summed E-state index contributed by atoms with van der Waals surface area (Å²) in [7, 11) is 1.71. The van der Waals surface area contributed by atoms with Gasteiger partial charge < -0.3 is 15.0 Å². The molecule has 6 heteroatoms. The number of urea groups is 1. The molecule has 2 atom stereocenters. The van der Waals surface area contributed by atoms with E-state index in [2.05, 4.69) is 17.3 Å². The highest BCUT2D eigenvalue weighted by Gasteiger charge is 2.28. The Morgan fingerprint density at radius 2 is 2.16 bits per heavy atom. The number of aromatic nitrogens is 2. The van der Waals surface area contributed by atoms with Crippen molar-refractivity contribution in [3.63, 3.8) is 0 Å². The third-order valence-corrected chi connectivity index (χ3v) is 4.87. The molecular formula is C19H26N4O2. The van der Waals surface area contributed by atoms with Crippen LogP contribution in [-0.4, -0.2) is 47.0 Å². The van der Waals surface area contributed by atoms with Crippen LogP contribution < -0.4 is 5.32 Å². The topological polar surface area (TPSA) is 59.4 Å². The van der Waals surface area contributed by atoms with Crippen LogP contribution in [0.4, 0.5) is 4.79 Å². The molecule has 134 valence electrons. The van der Waals surface area contributed by atoms with Gasteiger partial charge in [-0.05, 0) is 37.0 Å². The lowest BCUT2D eigenvalue weighted by Crippen LogP contribution is -2.50. The average Bonchev–Trinajstić information content (AvgIpc) is 3.06. The number of hydrogen-bond acceptors (Lipinski definition) is 3. The van der Waals surface area contributed by atoms with E-state index < -0.39 is 0 Å². The molecule has 1 N–H and O–H groups in total. The zero-order chi connectivity index (χ0) is 17.8. The molecule has 0 bridgehead atoms. The number of rotatable bonds is 4. The smallest absolute Gasteiger partial charge is 0.317 e. The quantitative estimate of drug-likeness (QED) is 0.929. The first-order chi connectivity index (χ1) is 12.1. The highest BCUT2D eigenvalue weighted by Crippen LogP contribution is 2.20. The third kappa shape index (κ3) is 4.02. The Bertz CT molecular complexity index is 728. The molecule has 2 amide bonds. The molecule has 2 heterocycles. The summed E-state index contributed by atoms with van der Waals surface area (Å²) in [5.74, 6) is 0.484. The maximum atomic E-state index is 12.5. The highest BCUT2D eigenvalue weighted by atomic mass is 16.5. The van der Waals surface area contributed by atoms with Crippen molar-refractivity contribution < 1.29 is 9.53 Å². The summed E-state index contributed by atoms with van der Waals surface area (Å²) in [6.07, 6.45) is 3.01. The molecule has 1 aromatic carbocycles. The summed E-state index contributed by atoms with van der Waals surface area (Å²) < 4.78 is 7.34.